The molecule has 20 heavy (non-hydrogen) atoms. The normalized spacial score (nSPS) is 12.3. The molecule has 0 aliphatic carbocycles. The van der Waals surface area contributed by atoms with Gasteiger partial charge in [-0.25, -0.2) is 9.97 Å². The highest BCUT2D eigenvalue weighted by atomic mass is 19.4. The molecule has 7 heteroatoms. The predicted molar refractivity (Wildman–Crippen MR) is 73.8 cm³/mol. The van der Waals surface area contributed by atoms with Gasteiger partial charge in [0.25, 0.3) is 0 Å². The van der Waals surface area contributed by atoms with Crippen molar-refractivity contribution in [1.82, 2.24) is 9.97 Å². The van der Waals surface area contributed by atoms with E-state index in [1.54, 1.807) is 6.92 Å². The van der Waals surface area contributed by atoms with Gasteiger partial charge in [0.05, 0.1) is 0 Å². The van der Waals surface area contributed by atoms with Crippen LogP contribution in [-0.2, 0) is 6.18 Å². The first kappa shape index (κ1) is 16.5. The summed E-state index contributed by atoms with van der Waals surface area (Å²) >= 11 is 0. The first-order valence-electron chi connectivity index (χ1n) is 6.62. The molecule has 1 heterocycles. The van der Waals surface area contributed by atoms with E-state index < -0.39 is 12.0 Å². The molecule has 0 atom stereocenters. The summed E-state index contributed by atoms with van der Waals surface area (Å²) in [4.78, 5) is 7.01. The Morgan fingerprint density at radius 3 is 2.05 bits per heavy atom. The Balaban J connectivity index is 2.97. The van der Waals surface area contributed by atoms with E-state index in [0.717, 1.165) is 6.42 Å². The van der Waals surface area contributed by atoms with Gasteiger partial charge in [-0.3, -0.25) is 0 Å². The molecule has 0 bridgehead atoms. The first-order valence-corrected chi connectivity index (χ1v) is 6.62. The number of aromatic nitrogens is 2. The third kappa shape index (κ3) is 4.86. The maximum absolute atomic E-state index is 12.7. The summed E-state index contributed by atoms with van der Waals surface area (Å²) in [5.41, 5.74) is -0.0122. The smallest absolute Gasteiger partial charge is 0.370 e. The van der Waals surface area contributed by atoms with Crippen molar-refractivity contribution in [2.24, 2.45) is 5.41 Å². The topological polar surface area (TPSA) is 49.8 Å². The average molecular weight is 290 g/mol. The van der Waals surface area contributed by atoms with E-state index >= 15 is 0 Å². The summed E-state index contributed by atoms with van der Waals surface area (Å²) in [6, 6.07) is 1.49. The minimum atomic E-state index is -4.55. The Kier molecular flexibility index (Phi) is 5.19. The number of hydrogen-bond acceptors (Lipinski definition) is 4. The molecule has 0 saturated carbocycles. The van der Waals surface area contributed by atoms with Crippen molar-refractivity contribution in [3.63, 3.8) is 0 Å². The van der Waals surface area contributed by atoms with Crippen LogP contribution in [-0.4, -0.2) is 23.1 Å². The van der Waals surface area contributed by atoms with Crippen molar-refractivity contribution in [2.75, 3.05) is 23.7 Å². The number of anilines is 2. The van der Waals surface area contributed by atoms with Crippen LogP contribution in [0.15, 0.2) is 6.07 Å². The molecule has 1 rings (SSSR count). The molecule has 0 unspecified atom stereocenters. The number of rotatable bonds is 6. The molecule has 1 aromatic rings. The second-order valence-corrected chi connectivity index (χ2v) is 5.36. The largest absolute Gasteiger partial charge is 0.451 e. The van der Waals surface area contributed by atoms with Crippen LogP contribution < -0.4 is 10.6 Å². The highest BCUT2D eigenvalue weighted by Gasteiger charge is 2.35. The Labute approximate surface area is 117 Å². The van der Waals surface area contributed by atoms with Gasteiger partial charge in [0, 0.05) is 19.2 Å². The fourth-order valence-corrected chi connectivity index (χ4v) is 1.39. The van der Waals surface area contributed by atoms with Crippen LogP contribution in [0.2, 0.25) is 0 Å². The lowest BCUT2D eigenvalue weighted by atomic mass is 9.90. The maximum atomic E-state index is 12.7. The van der Waals surface area contributed by atoms with Crippen LogP contribution in [0.5, 0.6) is 0 Å². The molecular formula is C13H21F3N4. The molecule has 0 aliphatic rings. The van der Waals surface area contributed by atoms with E-state index in [0.29, 0.717) is 13.1 Å². The quantitative estimate of drug-likeness (QED) is 0.837. The standard InChI is InChI=1S/C13H21F3N4/c1-5-12(3,4)8-18-10-7-9(17-6-2)19-11(20-10)13(14,15)16/h7H,5-6,8H2,1-4H3,(H2,17,18,19,20). The van der Waals surface area contributed by atoms with Crippen molar-refractivity contribution < 1.29 is 13.2 Å². The minimum Gasteiger partial charge on any atom is -0.370 e. The number of alkyl halides is 3. The molecule has 0 saturated heterocycles. The molecule has 1 aromatic heterocycles. The Hall–Kier alpha value is -1.53. The van der Waals surface area contributed by atoms with Crippen LogP contribution in [0.1, 0.15) is 39.9 Å². The van der Waals surface area contributed by atoms with Crippen LogP contribution in [0, 0.1) is 5.41 Å². The molecule has 0 spiro atoms. The van der Waals surface area contributed by atoms with Crippen LogP contribution >= 0.6 is 0 Å². The predicted octanol–water partition coefficient (Wildman–Crippen LogP) is 3.78. The number of hydrogen-bond donors (Lipinski definition) is 2. The maximum Gasteiger partial charge on any atom is 0.451 e. The third-order valence-electron chi connectivity index (χ3n) is 3.04. The summed E-state index contributed by atoms with van der Waals surface area (Å²) in [6.07, 6.45) is -3.64. The van der Waals surface area contributed by atoms with Gasteiger partial charge in [-0.1, -0.05) is 20.8 Å². The first-order chi connectivity index (χ1) is 9.18. The van der Waals surface area contributed by atoms with E-state index in [9.17, 15) is 13.2 Å². The van der Waals surface area contributed by atoms with Crippen molar-refractivity contribution >= 4 is 11.6 Å². The van der Waals surface area contributed by atoms with Gasteiger partial charge in [0.1, 0.15) is 11.6 Å². The number of halogens is 3. The number of nitrogens with one attached hydrogen (secondary N) is 2. The molecule has 114 valence electrons. The van der Waals surface area contributed by atoms with Gasteiger partial charge in [-0.15, -0.1) is 0 Å². The van der Waals surface area contributed by atoms with Gasteiger partial charge in [0.2, 0.25) is 5.82 Å². The average Bonchev–Trinajstić information content (AvgIpc) is 2.36. The SMILES string of the molecule is CCNc1cc(NCC(C)(C)CC)nc(C(F)(F)F)n1. The summed E-state index contributed by atoms with van der Waals surface area (Å²) in [5.74, 6) is -0.774. The third-order valence-corrected chi connectivity index (χ3v) is 3.04. The highest BCUT2D eigenvalue weighted by Crippen LogP contribution is 2.29. The van der Waals surface area contributed by atoms with Crippen molar-refractivity contribution in [1.29, 1.82) is 0 Å². The second kappa shape index (κ2) is 6.28. The molecule has 2 N–H and O–H groups in total. The second-order valence-electron chi connectivity index (χ2n) is 5.36. The molecule has 0 aliphatic heterocycles. The van der Waals surface area contributed by atoms with E-state index in [-0.39, 0.29) is 17.1 Å². The van der Waals surface area contributed by atoms with E-state index in [1.165, 1.54) is 6.07 Å². The lowest BCUT2D eigenvalue weighted by Crippen LogP contribution is -2.23. The van der Waals surface area contributed by atoms with E-state index in [4.69, 9.17) is 0 Å². The van der Waals surface area contributed by atoms with Crippen LogP contribution in [0.25, 0.3) is 0 Å². The Bertz CT molecular complexity index is 444. The molecule has 0 aromatic carbocycles. The van der Waals surface area contributed by atoms with Crippen LogP contribution in [0.4, 0.5) is 24.8 Å². The van der Waals surface area contributed by atoms with E-state index in [2.05, 4.69) is 20.6 Å². The fraction of sp³-hybridized carbons (Fsp3) is 0.692. The summed E-state index contributed by atoms with van der Waals surface area (Å²) in [5, 5.41) is 5.74. The lowest BCUT2D eigenvalue weighted by Gasteiger charge is -2.23. The van der Waals surface area contributed by atoms with Crippen molar-refractivity contribution in [3.05, 3.63) is 11.9 Å². The number of nitrogens with zero attached hydrogens (tertiary/aromatic N) is 2. The zero-order valence-corrected chi connectivity index (χ0v) is 12.2. The molecule has 4 nitrogen and oxygen atoms in total. The van der Waals surface area contributed by atoms with Crippen molar-refractivity contribution in [2.45, 2.75) is 40.3 Å². The van der Waals surface area contributed by atoms with Crippen molar-refractivity contribution in [3.8, 4) is 0 Å². The molecule has 0 amide bonds. The summed E-state index contributed by atoms with van der Waals surface area (Å²) < 4.78 is 38.2. The fourth-order valence-electron chi connectivity index (χ4n) is 1.39. The Morgan fingerprint density at radius 1 is 1.05 bits per heavy atom. The molecule has 0 fully saturated rings. The lowest BCUT2D eigenvalue weighted by molar-refractivity contribution is -0.144. The van der Waals surface area contributed by atoms with Gasteiger partial charge in [-0.2, -0.15) is 13.2 Å². The van der Waals surface area contributed by atoms with Gasteiger partial charge in [0.15, 0.2) is 0 Å². The highest BCUT2D eigenvalue weighted by molar-refractivity contribution is 5.47. The zero-order valence-electron chi connectivity index (χ0n) is 12.2. The summed E-state index contributed by atoms with van der Waals surface area (Å²) in [6.45, 7) is 8.95. The van der Waals surface area contributed by atoms with E-state index in [1.807, 2.05) is 20.8 Å². The molecule has 0 radical (unpaired) electrons. The zero-order chi connectivity index (χ0) is 15.4. The van der Waals surface area contributed by atoms with Crippen LogP contribution in [0.3, 0.4) is 0 Å². The van der Waals surface area contributed by atoms with Gasteiger partial charge >= 0.3 is 6.18 Å². The molecular weight excluding hydrogens is 269 g/mol. The summed E-state index contributed by atoms with van der Waals surface area (Å²) in [7, 11) is 0. The minimum absolute atomic E-state index is 0.0122. The Morgan fingerprint density at radius 2 is 1.60 bits per heavy atom. The van der Waals surface area contributed by atoms with Gasteiger partial charge < -0.3 is 10.6 Å². The van der Waals surface area contributed by atoms with Gasteiger partial charge in [-0.05, 0) is 18.8 Å². The monoisotopic (exact) mass is 290 g/mol.